The standard InChI is InChI=1S/C17H23FN2O2/c1-11(17(22)12-4-2-6-14(18)9-12)8-16(21)20-15-7-3-5-13(15)10-19/h2,4,6,9,11,13,15H,3,5,7-8,10,19H2,1H3,(H,20,21). The summed E-state index contributed by atoms with van der Waals surface area (Å²) in [6.45, 7) is 2.27. The lowest BCUT2D eigenvalue weighted by Crippen LogP contribution is -2.40. The van der Waals surface area contributed by atoms with Crippen LogP contribution in [-0.2, 0) is 4.79 Å². The van der Waals surface area contributed by atoms with Crippen molar-refractivity contribution in [2.24, 2.45) is 17.6 Å². The van der Waals surface area contributed by atoms with Crippen molar-refractivity contribution in [1.29, 1.82) is 0 Å². The average Bonchev–Trinajstić information content (AvgIpc) is 2.93. The van der Waals surface area contributed by atoms with E-state index in [1.807, 2.05) is 0 Å². The number of halogens is 1. The van der Waals surface area contributed by atoms with Crippen molar-refractivity contribution in [1.82, 2.24) is 5.32 Å². The van der Waals surface area contributed by atoms with E-state index in [1.165, 1.54) is 18.2 Å². The summed E-state index contributed by atoms with van der Waals surface area (Å²) in [4.78, 5) is 24.3. The van der Waals surface area contributed by atoms with E-state index in [0.29, 0.717) is 18.0 Å². The second-order valence-electron chi connectivity index (χ2n) is 6.08. The first-order valence-corrected chi connectivity index (χ1v) is 7.80. The third kappa shape index (κ3) is 4.13. The first-order chi connectivity index (χ1) is 10.5. The number of hydrogen-bond donors (Lipinski definition) is 2. The number of ketones is 1. The molecule has 0 aromatic heterocycles. The van der Waals surface area contributed by atoms with Crippen molar-refractivity contribution in [2.45, 2.75) is 38.6 Å². The Labute approximate surface area is 130 Å². The van der Waals surface area contributed by atoms with Crippen molar-refractivity contribution in [3.8, 4) is 0 Å². The van der Waals surface area contributed by atoms with E-state index in [0.717, 1.165) is 19.3 Å². The molecule has 120 valence electrons. The first kappa shape index (κ1) is 16.6. The van der Waals surface area contributed by atoms with Crippen molar-refractivity contribution < 1.29 is 14.0 Å². The summed E-state index contributed by atoms with van der Waals surface area (Å²) >= 11 is 0. The predicted molar refractivity (Wildman–Crippen MR) is 82.8 cm³/mol. The van der Waals surface area contributed by atoms with Crippen LogP contribution in [0.25, 0.3) is 0 Å². The number of hydrogen-bond acceptors (Lipinski definition) is 3. The summed E-state index contributed by atoms with van der Waals surface area (Å²) in [6.07, 6.45) is 3.17. The molecule has 0 radical (unpaired) electrons. The molecule has 4 nitrogen and oxygen atoms in total. The lowest BCUT2D eigenvalue weighted by atomic mass is 9.95. The van der Waals surface area contributed by atoms with Gasteiger partial charge in [-0.25, -0.2) is 4.39 Å². The molecule has 5 heteroatoms. The average molecular weight is 306 g/mol. The van der Waals surface area contributed by atoms with E-state index in [-0.39, 0.29) is 24.2 Å². The molecule has 1 aliphatic rings. The SMILES string of the molecule is CC(CC(=O)NC1CCCC1CN)C(=O)c1cccc(F)c1. The Morgan fingerprint density at radius 2 is 2.18 bits per heavy atom. The highest BCUT2D eigenvalue weighted by Crippen LogP contribution is 2.25. The lowest BCUT2D eigenvalue weighted by molar-refractivity contribution is -0.122. The molecule has 0 saturated heterocycles. The summed E-state index contributed by atoms with van der Waals surface area (Å²) in [5.41, 5.74) is 6.01. The highest BCUT2D eigenvalue weighted by atomic mass is 19.1. The topological polar surface area (TPSA) is 72.2 Å². The zero-order valence-electron chi connectivity index (χ0n) is 12.8. The number of benzene rings is 1. The number of amides is 1. The van der Waals surface area contributed by atoms with E-state index < -0.39 is 11.7 Å². The van der Waals surface area contributed by atoms with E-state index >= 15 is 0 Å². The number of carbonyl (C=O) groups is 2. The summed E-state index contributed by atoms with van der Waals surface area (Å²) in [5, 5.41) is 2.98. The largest absolute Gasteiger partial charge is 0.353 e. The highest BCUT2D eigenvalue weighted by Gasteiger charge is 2.28. The maximum absolute atomic E-state index is 13.2. The van der Waals surface area contributed by atoms with Gasteiger partial charge in [0.1, 0.15) is 5.82 Å². The molecule has 22 heavy (non-hydrogen) atoms. The van der Waals surface area contributed by atoms with Gasteiger partial charge in [-0.3, -0.25) is 9.59 Å². The van der Waals surface area contributed by atoms with Crippen LogP contribution in [0.5, 0.6) is 0 Å². The molecular weight excluding hydrogens is 283 g/mol. The molecule has 0 heterocycles. The van der Waals surface area contributed by atoms with Gasteiger partial charge in [0.05, 0.1) is 0 Å². The normalized spacial score (nSPS) is 22.3. The van der Waals surface area contributed by atoms with Crippen molar-refractivity contribution in [3.63, 3.8) is 0 Å². The minimum Gasteiger partial charge on any atom is -0.353 e. The maximum Gasteiger partial charge on any atom is 0.220 e. The van der Waals surface area contributed by atoms with E-state index in [1.54, 1.807) is 13.0 Å². The molecule has 0 bridgehead atoms. The van der Waals surface area contributed by atoms with Crippen LogP contribution in [0.3, 0.4) is 0 Å². The fourth-order valence-electron chi connectivity index (χ4n) is 3.07. The minimum absolute atomic E-state index is 0.114. The first-order valence-electron chi connectivity index (χ1n) is 7.80. The summed E-state index contributed by atoms with van der Waals surface area (Å²) < 4.78 is 13.2. The molecule has 0 spiro atoms. The molecule has 1 amide bonds. The third-order valence-electron chi connectivity index (χ3n) is 4.36. The molecule has 3 unspecified atom stereocenters. The monoisotopic (exact) mass is 306 g/mol. The quantitative estimate of drug-likeness (QED) is 0.792. The summed E-state index contributed by atoms with van der Waals surface area (Å²) in [6, 6.07) is 5.69. The fraction of sp³-hybridized carbons (Fsp3) is 0.529. The van der Waals surface area contributed by atoms with E-state index in [9.17, 15) is 14.0 Å². The molecule has 1 aromatic carbocycles. The Kier molecular flexibility index (Phi) is 5.66. The van der Waals surface area contributed by atoms with E-state index in [4.69, 9.17) is 5.73 Å². The van der Waals surface area contributed by atoms with Crippen molar-refractivity contribution >= 4 is 11.7 Å². The van der Waals surface area contributed by atoms with Crippen LogP contribution < -0.4 is 11.1 Å². The maximum atomic E-state index is 13.2. The fourth-order valence-corrected chi connectivity index (χ4v) is 3.07. The van der Waals surface area contributed by atoms with Crippen LogP contribution in [-0.4, -0.2) is 24.3 Å². The van der Waals surface area contributed by atoms with Gasteiger partial charge >= 0.3 is 0 Å². The number of nitrogens with two attached hydrogens (primary N) is 1. The summed E-state index contributed by atoms with van der Waals surface area (Å²) in [5.74, 6) is -0.934. The Balaban J connectivity index is 1.89. The predicted octanol–water partition coefficient (Wildman–Crippen LogP) is 2.28. The molecular formula is C17H23FN2O2. The van der Waals surface area contributed by atoms with Gasteiger partial charge in [0.25, 0.3) is 0 Å². The van der Waals surface area contributed by atoms with Gasteiger partial charge in [0.15, 0.2) is 5.78 Å². The molecule has 1 saturated carbocycles. The molecule has 3 N–H and O–H groups in total. The smallest absolute Gasteiger partial charge is 0.220 e. The van der Waals surface area contributed by atoms with Crippen LogP contribution >= 0.6 is 0 Å². The molecule has 1 fully saturated rings. The Morgan fingerprint density at radius 1 is 1.41 bits per heavy atom. The summed E-state index contributed by atoms with van der Waals surface area (Å²) in [7, 11) is 0. The number of Topliss-reactive ketones (excluding diaryl/α,β-unsaturated/α-hetero) is 1. The second-order valence-corrected chi connectivity index (χ2v) is 6.08. The zero-order chi connectivity index (χ0) is 16.1. The van der Waals surface area contributed by atoms with Crippen LogP contribution in [0.4, 0.5) is 4.39 Å². The lowest BCUT2D eigenvalue weighted by Gasteiger charge is -2.20. The second kappa shape index (κ2) is 7.49. The Morgan fingerprint density at radius 3 is 2.86 bits per heavy atom. The van der Waals surface area contributed by atoms with Gasteiger partial charge in [-0.1, -0.05) is 25.5 Å². The number of rotatable bonds is 6. The van der Waals surface area contributed by atoms with Crippen molar-refractivity contribution in [3.05, 3.63) is 35.6 Å². The van der Waals surface area contributed by atoms with Crippen LogP contribution in [0.2, 0.25) is 0 Å². The van der Waals surface area contributed by atoms with Crippen molar-refractivity contribution in [2.75, 3.05) is 6.54 Å². The molecule has 3 atom stereocenters. The minimum atomic E-state index is -0.473. The van der Waals surface area contributed by atoms with Gasteiger partial charge in [0, 0.05) is 23.9 Å². The van der Waals surface area contributed by atoms with Gasteiger partial charge in [-0.15, -0.1) is 0 Å². The Hall–Kier alpha value is -1.75. The molecule has 1 aromatic rings. The van der Waals surface area contributed by atoms with Gasteiger partial charge < -0.3 is 11.1 Å². The third-order valence-corrected chi connectivity index (χ3v) is 4.36. The van der Waals surface area contributed by atoms with Crippen LogP contribution in [0, 0.1) is 17.7 Å². The molecule has 0 aliphatic heterocycles. The van der Waals surface area contributed by atoms with E-state index in [2.05, 4.69) is 5.32 Å². The number of carbonyl (C=O) groups excluding carboxylic acids is 2. The molecule has 2 rings (SSSR count). The zero-order valence-corrected chi connectivity index (χ0v) is 12.8. The highest BCUT2D eigenvalue weighted by molar-refractivity contribution is 5.99. The Bertz CT molecular complexity index is 547. The number of nitrogens with one attached hydrogen (secondary N) is 1. The van der Waals surface area contributed by atoms with Gasteiger partial charge in [-0.05, 0) is 37.4 Å². The van der Waals surface area contributed by atoms with Gasteiger partial charge in [-0.2, -0.15) is 0 Å². The van der Waals surface area contributed by atoms with Crippen LogP contribution in [0.15, 0.2) is 24.3 Å². The molecule has 1 aliphatic carbocycles. The van der Waals surface area contributed by atoms with Crippen LogP contribution in [0.1, 0.15) is 43.0 Å². The van der Waals surface area contributed by atoms with Gasteiger partial charge in [0.2, 0.25) is 5.91 Å².